The topological polar surface area (TPSA) is 86.3 Å². The largest absolute Gasteiger partial charge is 0.489 e. The lowest BCUT2D eigenvalue weighted by molar-refractivity contribution is -0.153. The van der Waals surface area contributed by atoms with E-state index in [-0.39, 0.29) is 19.0 Å². The van der Waals surface area contributed by atoms with E-state index in [1.54, 1.807) is 32.9 Å². The monoisotopic (exact) mass is 648 g/mol. The quantitative estimate of drug-likeness (QED) is 0.210. The Bertz CT molecular complexity index is 1520. The SMILES string of the molecule is CCCC(NC(=O)OC(C)(C)C)c1cccc(-c2cc(COc3ccccc3CC(=O)OC(C)(C)C)cc(N3CCOCC3)c2)c1F. The Balaban J connectivity index is 1.66. The van der Waals surface area contributed by atoms with Gasteiger partial charge in [0.05, 0.1) is 25.7 Å². The summed E-state index contributed by atoms with van der Waals surface area (Å²) in [4.78, 5) is 27.5. The van der Waals surface area contributed by atoms with Crippen LogP contribution in [0.15, 0.2) is 60.7 Å². The molecule has 47 heavy (non-hydrogen) atoms. The third-order valence-electron chi connectivity index (χ3n) is 7.46. The first-order valence-corrected chi connectivity index (χ1v) is 16.4. The minimum absolute atomic E-state index is 0.0841. The van der Waals surface area contributed by atoms with Crippen LogP contribution in [0.5, 0.6) is 5.75 Å². The maximum Gasteiger partial charge on any atom is 0.408 e. The van der Waals surface area contributed by atoms with Gasteiger partial charge in [0.1, 0.15) is 29.4 Å². The first-order chi connectivity index (χ1) is 22.2. The van der Waals surface area contributed by atoms with Gasteiger partial charge < -0.3 is 29.2 Å². The lowest BCUT2D eigenvalue weighted by Gasteiger charge is -2.30. The molecule has 0 spiro atoms. The summed E-state index contributed by atoms with van der Waals surface area (Å²) in [5, 5.41) is 2.88. The van der Waals surface area contributed by atoms with E-state index in [4.69, 9.17) is 18.9 Å². The number of nitrogens with zero attached hydrogens (tertiary/aromatic N) is 1. The van der Waals surface area contributed by atoms with E-state index < -0.39 is 29.2 Å². The maximum atomic E-state index is 16.5. The molecule has 1 atom stereocenters. The van der Waals surface area contributed by atoms with Crippen LogP contribution in [0.2, 0.25) is 0 Å². The minimum atomic E-state index is -0.671. The third-order valence-corrected chi connectivity index (χ3v) is 7.46. The normalized spacial score (nSPS) is 14.3. The van der Waals surface area contributed by atoms with E-state index in [1.807, 2.05) is 70.2 Å². The standard InChI is InChI=1S/C38H49FN2O6/c1-8-12-32(40-36(43)47-38(5,6)7)31-15-11-14-30(35(31)39)28-21-26(22-29(23-28)41-17-19-44-20-18-41)25-45-33-16-10-9-13-27(33)24-34(42)46-37(2,3)4/h9-11,13-16,21-23,32H,8,12,17-20,24-25H2,1-7H3,(H,40,43). The molecule has 1 aliphatic heterocycles. The molecule has 1 aliphatic rings. The van der Waals surface area contributed by atoms with Gasteiger partial charge >= 0.3 is 12.1 Å². The number of amides is 1. The summed E-state index contributed by atoms with van der Waals surface area (Å²) in [7, 11) is 0. The number of benzene rings is 3. The van der Waals surface area contributed by atoms with Crippen molar-refractivity contribution in [2.75, 3.05) is 31.2 Å². The number of hydrogen-bond acceptors (Lipinski definition) is 7. The smallest absolute Gasteiger partial charge is 0.408 e. The summed E-state index contributed by atoms with van der Waals surface area (Å²) in [5.41, 5.74) is 2.78. The second-order valence-electron chi connectivity index (χ2n) is 13.8. The summed E-state index contributed by atoms with van der Waals surface area (Å²) in [5.74, 6) is -0.140. The lowest BCUT2D eigenvalue weighted by atomic mass is 9.95. The molecule has 4 rings (SSSR count). The average molecular weight is 649 g/mol. The lowest BCUT2D eigenvalue weighted by Crippen LogP contribution is -2.36. The number of carbonyl (C=O) groups excluding carboxylic acids is 2. The molecule has 1 saturated heterocycles. The van der Waals surface area contributed by atoms with Crippen LogP contribution in [-0.2, 0) is 32.0 Å². The molecule has 1 heterocycles. The van der Waals surface area contributed by atoms with Crippen molar-refractivity contribution in [2.45, 2.75) is 91.6 Å². The minimum Gasteiger partial charge on any atom is -0.489 e. The van der Waals surface area contributed by atoms with Crippen molar-refractivity contribution >= 4 is 17.7 Å². The molecule has 1 amide bonds. The predicted octanol–water partition coefficient (Wildman–Crippen LogP) is 8.16. The fourth-order valence-corrected chi connectivity index (χ4v) is 5.49. The van der Waals surface area contributed by atoms with Crippen molar-refractivity contribution in [3.8, 4) is 16.9 Å². The van der Waals surface area contributed by atoms with Gasteiger partial charge in [-0.25, -0.2) is 9.18 Å². The van der Waals surface area contributed by atoms with Crippen LogP contribution in [0.25, 0.3) is 11.1 Å². The number of carbonyl (C=O) groups is 2. The van der Waals surface area contributed by atoms with Gasteiger partial charge in [-0.15, -0.1) is 0 Å². The number of anilines is 1. The molecule has 9 heteroatoms. The number of halogens is 1. The molecule has 0 saturated carbocycles. The highest BCUT2D eigenvalue weighted by atomic mass is 19.1. The third kappa shape index (κ3) is 10.7. The van der Waals surface area contributed by atoms with Crippen molar-refractivity contribution < 1.29 is 32.9 Å². The number of rotatable bonds is 11. The van der Waals surface area contributed by atoms with Crippen LogP contribution in [0.1, 0.15) is 84.0 Å². The zero-order valence-corrected chi connectivity index (χ0v) is 28.8. The highest BCUT2D eigenvalue weighted by molar-refractivity contribution is 5.74. The number of nitrogens with one attached hydrogen (secondary N) is 1. The molecule has 0 aromatic heterocycles. The second kappa shape index (κ2) is 15.7. The summed E-state index contributed by atoms with van der Waals surface area (Å²) in [6.45, 7) is 15.7. The molecule has 0 radical (unpaired) electrons. The highest BCUT2D eigenvalue weighted by Gasteiger charge is 2.24. The van der Waals surface area contributed by atoms with Crippen LogP contribution in [0.4, 0.5) is 14.9 Å². The zero-order valence-electron chi connectivity index (χ0n) is 28.8. The van der Waals surface area contributed by atoms with E-state index >= 15 is 4.39 Å². The van der Waals surface area contributed by atoms with E-state index in [0.29, 0.717) is 55.2 Å². The summed E-state index contributed by atoms with van der Waals surface area (Å²) >= 11 is 0. The van der Waals surface area contributed by atoms with E-state index in [9.17, 15) is 9.59 Å². The molecular weight excluding hydrogens is 599 g/mol. The Hall–Kier alpha value is -4.11. The number of alkyl carbamates (subject to hydrolysis) is 1. The number of ether oxygens (including phenoxy) is 4. The van der Waals surface area contributed by atoms with Gasteiger partial charge in [0.2, 0.25) is 0 Å². The van der Waals surface area contributed by atoms with Crippen LogP contribution in [0.3, 0.4) is 0 Å². The van der Waals surface area contributed by atoms with Crippen LogP contribution < -0.4 is 15.0 Å². The Morgan fingerprint density at radius 1 is 0.936 bits per heavy atom. The fourth-order valence-electron chi connectivity index (χ4n) is 5.49. The number of esters is 1. The highest BCUT2D eigenvalue weighted by Crippen LogP contribution is 2.34. The molecule has 3 aromatic rings. The fraction of sp³-hybridized carbons (Fsp3) is 0.474. The molecule has 0 aliphatic carbocycles. The summed E-state index contributed by atoms with van der Waals surface area (Å²) in [6, 6.07) is 18.1. The molecule has 1 unspecified atom stereocenters. The summed E-state index contributed by atoms with van der Waals surface area (Å²) in [6.07, 6.45) is 0.797. The van der Waals surface area contributed by atoms with Gasteiger partial charge in [-0.05, 0) is 83.4 Å². The number of morpholine rings is 1. The van der Waals surface area contributed by atoms with Gasteiger partial charge in [0, 0.05) is 35.5 Å². The first kappa shape index (κ1) is 35.7. The van der Waals surface area contributed by atoms with Gasteiger partial charge in [-0.2, -0.15) is 0 Å². The van der Waals surface area contributed by atoms with Crippen LogP contribution >= 0.6 is 0 Å². The van der Waals surface area contributed by atoms with Crippen molar-refractivity contribution in [3.63, 3.8) is 0 Å². The van der Waals surface area contributed by atoms with Gasteiger partial charge in [0.15, 0.2) is 0 Å². The summed E-state index contributed by atoms with van der Waals surface area (Å²) < 4.78 is 39.3. The Morgan fingerprint density at radius 2 is 1.64 bits per heavy atom. The molecular formula is C38H49FN2O6. The molecule has 254 valence electrons. The second-order valence-corrected chi connectivity index (χ2v) is 13.8. The van der Waals surface area contributed by atoms with Gasteiger partial charge in [-0.1, -0.05) is 49.7 Å². The molecule has 1 N–H and O–H groups in total. The van der Waals surface area contributed by atoms with E-state index in [0.717, 1.165) is 23.2 Å². The van der Waals surface area contributed by atoms with Crippen molar-refractivity contribution in [3.05, 3.63) is 83.2 Å². The average Bonchev–Trinajstić information content (AvgIpc) is 2.99. The Morgan fingerprint density at radius 3 is 2.32 bits per heavy atom. The van der Waals surface area contributed by atoms with E-state index in [1.165, 1.54) is 0 Å². The van der Waals surface area contributed by atoms with Gasteiger partial charge in [-0.3, -0.25) is 4.79 Å². The maximum absolute atomic E-state index is 16.5. The molecule has 0 bridgehead atoms. The van der Waals surface area contributed by atoms with E-state index in [2.05, 4.69) is 16.3 Å². The Labute approximate surface area is 278 Å². The molecule has 8 nitrogen and oxygen atoms in total. The van der Waals surface area contributed by atoms with Crippen LogP contribution in [-0.4, -0.2) is 49.6 Å². The first-order valence-electron chi connectivity index (χ1n) is 16.4. The van der Waals surface area contributed by atoms with Crippen molar-refractivity contribution in [1.82, 2.24) is 5.32 Å². The zero-order chi connectivity index (χ0) is 34.2. The Kier molecular flexibility index (Phi) is 11.9. The molecule has 3 aromatic carbocycles. The number of hydrogen-bond donors (Lipinski definition) is 1. The van der Waals surface area contributed by atoms with Crippen LogP contribution in [0, 0.1) is 5.82 Å². The predicted molar refractivity (Wildman–Crippen MR) is 182 cm³/mol. The molecule has 1 fully saturated rings. The van der Waals surface area contributed by atoms with Crippen molar-refractivity contribution in [2.24, 2.45) is 0 Å². The number of para-hydroxylation sites is 1. The van der Waals surface area contributed by atoms with Gasteiger partial charge in [0.25, 0.3) is 0 Å². The van der Waals surface area contributed by atoms with Crippen molar-refractivity contribution in [1.29, 1.82) is 0 Å².